The number of ether oxygens (including phenoxy) is 2. The van der Waals surface area contributed by atoms with E-state index in [1.165, 1.54) is 14.2 Å². The lowest BCUT2D eigenvalue weighted by Crippen LogP contribution is -2.50. The molecular weight excluding hydrogens is 341 g/mol. The summed E-state index contributed by atoms with van der Waals surface area (Å²) in [5.74, 6) is -1.58. The second-order valence-corrected chi connectivity index (χ2v) is 5.56. The summed E-state index contributed by atoms with van der Waals surface area (Å²) < 4.78 is 48.0. The van der Waals surface area contributed by atoms with E-state index in [0.717, 1.165) is 0 Å². The van der Waals surface area contributed by atoms with Crippen LogP contribution >= 0.6 is 0 Å². The lowest BCUT2D eigenvalue weighted by molar-refractivity contribution is -0.186. The molecule has 1 N–H and O–H groups in total. The van der Waals surface area contributed by atoms with E-state index in [-0.39, 0.29) is 19.5 Å². The normalized spacial score (nSPS) is 17.3. The van der Waals surface area contributed by atoms with Crippen molar-refractivity contribution in [3.05, 3.63) is 23.8 Å². The van der Waals surface area contributed by atoms with Gasteiger partial charge in [0.25, 0.3) is 0 Å². The Bertz CT molecular complexity index is 649. The highest BCUT2D eigenvalue weighted by molar-refractivity contribution is 5.90. The largest absolute Gasteiger partial charge is 0.493 e. The quantitative estimate of drug-likeness (QED) is 0.871. The van der Waals surface area contributed by atoms with Crippen LogP contribution in [0.15, 0.2) is 18.2 Å². The summed E-state index contributed by atoms with van der Waals surface area (Å²) in [5, 5.41) is 2.57. The molecule has 0 spiro atoms. The van der Waals surface area contributed by atoms with Gasteiger partial charge in [-0.1, -0.05) is 6.07 Å². The van der Waals surface area contributed by atoms with Crippen LogP contribution in [-0.2, 0) is 16.1 Å². The molecule has 1 fully saturated rings. The van der Waals surface area contributed by atoms with Crippen molar-refractivity contribution >= 4 is 11.8 Å². The van der Waals surface area contributed by atoms with Crippen LogP contribution in [0.25, 0.3) is 0 Å². The molecule has 1 aromatic carbocycles. The van der Waals surface area contributed by atoms with E-state index in [1.54, 1.807) is 18.2 Å². The van der Waals surface area contributed by atoms with Crippen molar-refractivity contribution in [1.82, 2.24) is 10.2 Å². The molecule has 0 aromatic heterocycles. The SMILES string of the molecule is COc1ccc(CNC(=O)C2CCCN2C(=O)C(F)(F)F)cc1OC. The first-order valence-electron chi connectivity index (χ1n) is 7.64. The number of amides is 2. The van der Waals surface area contributed by atoms with Crippen molar-refractivity contribution in [3.8, 4) is 11.5 Å². The van der Waals surface area contributed by atoms with Crippen LogP contribution in [-0.4, -0.2) is 49.7 Å². The fourth-order valence-corrected chi connectivity index (χ4v) is 2.74. The van der Waals surface area contributed by atoms with Crippen LogP contribution < -0.4 is 14.8 Å². The maximum absolute atomic E-state index is 12.6. The fourth-order valence-electron chi connectivity index (χ4n) is 2.74. The molecule has 1 unspecified atom stereocenters. The minimum Gasteiger partial charge on any atom is -0.493 e. The minimum absolute atomic E-state index is 0.0766. The number of nitrogens with zero attached hydrogens (tertiary/aromatic N) is 1. The molecule has 1 aromatic rings. The third-order valence-corrected chi connectivity index (χ3v) is 3.97. The predicted molar refractivity (Wildman–Crippen MR) is 82.2 cm³/mol. The Kier molecular flexibility index (Phi) is 5.76. The van der Waals surface area contributed by atoms with E-state index >= 15 is 0 Å². The van der Waals surface area contributed by atoms with E-state index in [9.17, 15) is 22.8 Å². The van der Waals surface area contributed by atoms with Gasteiger partial charge in [-0.2, -0.15) is 13.2 Å². The molecule has 1 atom stereocenters. The number of carbonyl (C=O) groups is 2. The Morgan fingerprint density at radius 2 is 1.92 bits per heavy atom. The van der Waals surface area contributed by atoms with Gasteiger partial charge >= 0.3 is 12.1 Å². The molecule has 9 heteroatoms. The number of carbonyl (C=O) groups excluding carboxylic acids is 2. The average Bonchev–Trinajstić information content (AvgIpc) is 3.07. The first kappa shape index (κ1) is 18.9. The third kappa shape index (κ3) is 4.34. The van der Waals surface area contributed by atoms with Gasteiger partial charge in [0.05, 0.1) is 14.2 Å². The monoisotopic (exact) mass is 360 g/mol. The number of alkyl halides is 3. The molecule has 25 heavy (non-hydrogen) atoms. The van der Waals surface area contributed by atoms with Crippen LogP contribution in [0.4, 0.5) is 13.2 Å². The van der Waals surface area contributed by atoms with E-state index in [4.69, 9.17) is 9.47 Å². The van der Waals surface area contributed by atoms with Gasteiger partial charge < -0.3 is 19.7 Å². The summed E-state index contributed by atoms with van der Waals surface area (Å²) in [6, 6.07) is 3.92. The summed E-state index contributed by atoms with van der Waals surface area (Å²) in [4.78, 5) is 24.2. The zero-order valence-electron chi connectivity index (χ0n) is 13.9. The highest BCUT2D eigenvalue weighted by Crippen LogP contribution is 2.28. The lowest BCUT2D eigenvalue weighted by Gasteiger charge is -2.24. The molecule has 0 bridgehead atoms. The third-order valence-electron chi connectivity index (χ3n) is 3.97. The first-order chi connectivity index (χ1) is 11.8. The molecule has 1 aliphatic heterocycles. The van der Waals surface area contributed by atoms with Gasteiger partial charge in [0.15, 0.2) is 11.5 Å². The smallest absolute Gasteiger partial charge is 0.471 e. The van der Waals surface area contributed by atoms with Gasteiger partial charge in [-0.3, -0.25) is 9.59 Å². The number of rotatable bonds is 5. The van der Waals surface area contributed by atoms with Gasteiger partial charge in [-0.15, -0.1) is 0 Å². The fraction of sp³-hybridized carbons (Fsp3) is 0.500. The topological polar surface area (TPSA) is 67.9 Å². The van der Waals surface area contributed by atoms with Gasteiger partial charge in [0.1, 0.15) is 6.04 Å². The lowest BCUT2D eigenvalue weighted by atomic mass is 10.1. The number of hydrogen-bond acceptors (Lipinski definition) is 4. The predicted octanol–water partition coefficient (Wildman–Crippen LogP) is 1.87. The summed E-state index contributed by atoms with van der Waals surface area (Å²) in [6.07, 6.45) is -4.41. The Hall–Kier alpha value is -2.45. The van der Waals surface area contributed by atoms with Gasteiger partial charge in [0, 0.05) is 13.1 Å². The molecule has 138 valence electrons. The molecule has 2 amide bonds. The van der Waals surface area contributed by atoms with Crippen LogP contribution in [0.2, 0.25) is 0 Å². The number of hydrogen-bond donors (Lipinski definition) is 1. The summed E-state index contributed by atoms with van der Waals surface area (Å²) in [6.45, 7) is 0.0243. The van der Waals surface area contributed by atoms with Crippen molar-refractivity contribution in [2.45, 2.75) is 31.6 Å². The highest BCUT2D eigenvalue weighted by Gasteiger charge is 2.47. The Balaban J connectivity index is 2.01. The maximum atomic E-state index is 12.6. The molecule has 2 rings (SSSR count). The molecule has 1 heterocycles. The summed E-state index contributed by atoms with van der Waals surface area (Å²) in [7, 11) is 2.96. The summed E-state index contributed by atoms with van der Waals surface area (Å²) >= 11 is 0. The molecule has 0 radical (unpaired) electrons. The van der Waals surface area contributed by atoms with Gasteiger partial charge in [0.2, 0.25) is 5.91 Å². The molecule has 6 nitrogen and oxygen atoms in total. The second-order valence-electron chi connectivity index (χ2n) is 5.56. The molecule has 0 aliphatic carbocycles. The number of nitrogens with one attached hydrogen (secondary N) is 1. The second kappa shape index (κ2) is 7.62. The Labute approximate surface area is 142 Å². The number of halogens is 3. The van der Waals surface area contributed by atoms with Crippen LogP contribution in [0.1, 0.15) is 18.4 Å². The van der Waals surface area contributed by atoms with E-state index in [0.29, 0.717) is 28.4 Å². The Morgan fingerprint density at radius 3 is 2.52 bits per heavy atom. The molecule has 0 saturated carbocycles. The van der Waals surface area contributed by atoms with Crippen LogP contribution in [0.3, 0.4) is 0 Å². The van der Waals surface area contributed by atoms with Crippen molar-refractivity contribution in [2.24, 2.45) is 0 Å². The van der Waals surface area contributed by atoms with Crippen LogP contribution in [0, 0.1) is 0 Å². The molecular formula is C16H19F3N2O4. The number of likely N-dealkylation sites (tertiary alicyclic amines) is 1. The zero-order valence-corrected chi connectivity index (χ0v) is 13.9. The van der Waals surface area contributed by atoms with E-state index < -0.39 is 24.0 Å². The molecule has 1 saturated heterocycles. The first-order valence-corrected chi connectivity index (χ1v) is 7.64. The minimum atomic E-state index is -4.98. The zero-order chi connectivity index (χ0) is 18.6. The van der Waals surface area contributed by atoms with Crippen molar-refractivity contribution in [3.63, 3.8) is 0 Å². The Morgan fingerprint density at radius 1 is 1.24 bits per heavy atom. The molecule has 1 aliphatic rings. The van der Waals surface area contributed by atoms with Gasteiger partial charge in [-0.05, 0) is 30.5 Å². The van der Waals surface area contributed by atoms with Crippen LogP contribution in [0.5, 0.6) is 11.5 Å². The van der Waals surface area contributed by atoms with E-state index in [1.807, 2.05) is 0 Å². The van der Waals surface area contributed by atoms with Crippen molar-refractivity contribution in [1.29, 1.82) is 0 Å². The van der Waals surface area contributed by atoms with E-state index in [2.05, 4.69) is 5.32 Å². The summed E-state index contributed by atoms with van der Waals surface area (Å²) in [5.41, 5.74) is 0.692. The standard InChI is InChI=1S/C16H19F3N2O4/c1-24-12-6-5-10(8-13(12)25-2)9-20-14(22)11-4-3-7-21(11)15(23)16(17,18)19/h5-6,8,11H,3-4,7,9H2,1-2H3,(H,20,22). The average molecular weight is 360 g/mol. The number of methoxy groups -OCH3 is 2. The number of benzene rings is 1. The maximum Gasteiger partial charge on any atom is 0.471 e. The van der Waals surface area contributed by atoms with Crippen molar-refractivity contribution in [2.75, 3.05) is 20.8 Å². The van der Waals surface area contributed by atoms with Crippen molar-refractivity contribution < 1.29 is 32.2 Å². The highest BCUT2D eigenvalue weighted by atomic mass is 19.4. The van der Waals surface area contributed by atoms with Gasteiger partial charge in [-0.25, -0.2) is 0 Å².